The first-order chi connectivity index (χ1) is 8.11. The average molecular weight is 240 g/mol. The number of likely N-dealkylation sites (N-methyl/N-ethyl adjacent to an activating group) is 1. The largest absolute Gasteiger partial charge is 0.381 e. The zero-order chi connectivity index (χ0) is 12.4. The van der Waals surface area contributed by atoms with E-state index in [0.717, 1.165) is 25.7 Å². The van der Waals surface area contributed by atoms with Gasteiger partial charge >= 0.3 is 0 Å². The topological polar surface area (TPSA) is 58.6 Å². The summed E-state index contributed by atoms with van der Waals surface area (Å²) in [7, 11) is 3.29. The molecule has 1 unspecified atom stereocenters. The van der Waals surface area contributed by atoms with E-state index >= 15 is 0 Å². The average Bonchev–Trinajstić information content (AvgIpc) is 2.58. The zero-order valence-corrected chi connectivity index (χ0v) is 10.4. The molecule has 0 aromatic heterocycles. The normalized spacial score (nSPS) is 34.5. The molecular weight excluding hydrogens is 220 g/mol. The molecule has 5 heteroatoms. The highest BCUT2D eigenvalue weighted by molar-refractivity contribution is 6.05. The van der Waals surface area contributed by atoms with E-state index in [-0.39, 0.29) is 17.9 Å². The molecule has 1 N–H and O–H groups in total. The number of carbonyl (C=O) groups is 2. The lowest BCUT2D eigenvalue weighted by Gasteiger charge is -2.29. The first-order valence-corrected chi connectivity index (χ1v) is 6.21. The van der Waals surface area contributed by atoms with Gasteiger partial charge < -0.3 is 10.1 Å². The summed E-state index contributed by atoms with van der Waals surface area (Å²) in [6, 6.07) is 0.0336. The fourth-order valence-electron chi connectivity index (χ4n) is 2.64. The molecule has 1 aliphatic carbocycles. The van der Waals surface area contributed by atoms with Gasteiger partial charge in [-0.3, -0.25) is 14.5 Å². The van der Waals surface area contributed by atoms with Gasteiger partial charge in [0.05, 0.1) is 18.6 Å². The maximum absolute atomic E-state index is 11.7. The summed E-state index contributed by atoms with van der Waals surface area (Å²) in [6.07, 6.45) is 4.74. The fraction of sp³-hybridized carbons (Fsp3) is 0.833. The molecule has 0 aromatic carbocycles. The highest BCUT2D eigenvalue weighted by Crippen LogP contribution is 2.22. The minimum atomic E-state index is -0.309. The van der Waals surface area contributed by atoms with Gasteiger partial charge in [0, 0.05) is 20.2 Å². The number of nitrogens with zero attached hydrogens (tertiary/aromatic N) is 1. The third-order valence-corrected chi connectivity index (χ3v) is 3.83. The predicted molar refractivity (Wildman–Crippen MR) is 62.4 cm³/mol. The van der Waals surface area contributed by atoms with Crippen molar-refractivity contribution >= 4 is 11.8 Å². The minimum Gasteiger partial charge on any atom is -0.381 e. The molecule has 2 fully saturated rings. The number of imide groups is 1. The summed E-state index contributed by atoms with van der Waals surface area (Å²) >= 11 is 0. The second-order valence-electron chi connectivity index (χ2n) is 4.92. The predicted octanol–water partition coefficient (Wildman–Crippen LogP) is 0.291. The molecule has 17 heavy (non-hydrogen) atoms. The molecule has 0 aromatic rings. The summed E-state index contributed by atoms with van der Waals surface area (Å²) in [4.78, 5) is 24.3. The Bertz CT molecular complexity index is 311. The van der Waals surface area contributed by atoms with Crippen LogP contribution in [0.25, 0.3) is 0 Å². The summed E-state index contributed by atoms with van der Waals surface area (Å²) < 4.78 is 5.31. The summed E-state index contributed by atoms with van der Waals surface area (Å²) in [6.45, 7) is 0. The van der Waals surface area contributed by atoms with E-state index in [1.165, 1.54) is 4.90 Å². The minimum absolute atomic E-state index is 0.0851. The SMILES string of the molecule is COC1CCC(NC2CC(=O)N(C)C2=O)CC1. The second-order valence-corrected chi connectivity index (χ2v) is 4.92. The van der Waals surface area contributed by atoms with Gasteiger partial charge in [-0.05, 0) is 25.7 Å². The van der Waals surface area contributed by atoms with Crippen molar-refractivity contribution in [2.24, 2.45) is 0 Å². The molecule has 5 nitrogen and oxygen atoms in total. The molecule has 2 aliphatic rings. The van der Waals surface area contributed by atoms with E-state index < -0.39 is 0 Å². The lowest BCUT2D eigenvalue weighted by molar-refractivity contribution is -0.137. The van der Waals surface area contributed by atoms with E-state index in [1.807, 2.05) is 0 Å². The number of rotatable bonds is 3. The van der Waals surface area contributed by atoms with Gasteiger partial charge in [-0.15, -0.1) is 0 Å². The molecule has 0 radical (unpaired) electrons. The van der Waals surface area contributed by atoms with E-state index in [9.17, 15) is 9.59 Å². The lowest BCUT2D eigenvalue weighted by Crippen LogP contribution is -2.45. The van der Waals surface area contributed by atoms with E-state index in [2.05, 4.69) is 5.32 Å². The van der Waals surface area contributed by atoms with Crippen LogP contribution < -0.4 is 5.32 Å². The molecule has 2 rings (SSSR count). The second kappa shape index (κ2) is 5.14. The van der Waals surface area contributed by atoms with Crippen LogP contribution in [0.15, 0.2) is 0 Å². The Morgan fingerprint density at radius 2 is 1.88 bits per heavy atom. The molecule has 1 aliphatic heterocycles. The van der Waals surface area contributed by atoms with Crippen LogP contribution in [0.4, 0.5) is 0 Å². The van der Waals surface area contributed by atoms with Gasteiger partial charge in [-0.25, -0.2) is 0 Å². The summed E-state index contributed by atoms with van der Waals surface area (Å²) in [5.74, 6) is -0.179. The Hall–Kier alpha value is -0.940. The third-order valence-electron chi connectivity index (χ3n) is 3.83. The number of methoxy groups -OCH3 is 1. The van der Waals surface area contributed by atoms with Gasteiger partial charge in [0.15, 0.2) is 0 Å². The molecule has 96 valence electrons. The number of ether oxygens (including phenoxy) is 1. The first kappa shape index (κ1) is 12.5. The molecule has 1 saturated carbocycles. The summed E-state index contributed by atoms with van der Waals surface area (Å²) in [5, 5.41) is 3.31. The monoisotopic (exact) mass is 240 g/mol. The van der Waals surface area contributed by atoms with Crippen LogP contribution in [-0.4, -0.2) is 49.1 Å². The Labute approximate surface area is 101 Å². The molecule has 1 heterocycles. The van der Waals surface area contributed by atoms with Crippen molar-refractivity contribution in [3.63, 3.8) is 0 Å². The van der Waals surface area contributed by atoms with Crippen molar-refractivity contribution < 1.29 is 14.3 Å². The maximum Gasteiger partial charge on any atom is 0.246 e. The van der Waals surface area contributed by atoms with Crippen molar-refractivity contribution in [1.29, 1.82) is 0 Å². The van der Waals surface area contributed by atoms with E-state index in [4.69, 9.17) is 4.74 Å². The van der Waals surface area contributed by atoms with Gasteiger partial charge in [-0.1, -0.05) is 0 Å². The van der Waals surface area contributed by atoms with Crippen LogP contribution >= 0.6 is 0 Å². The third kappa shape index (κ3) is 2.66. The summed E-state index contributed by atoms with van der Waals surface area (Å²) in [5.41, 5.74) is 0. The molecular formula is C12H20N2O3. The Balaban J connectivity index is 1.83. The van der Waals surface area contributed by atoms with Crippen molar-refractivity contribution in [2.45, 2.75) is 50.3 Å². The Morgan fingerprint density at radius 1 is 1.24 bits per heavy atom. The van der Waals surface area contributed by atoms with Crippen molar-refractivity contribution in [3.05, 3.63) is 0 Å². The zero-order valence-electron chi connectivity index (χ0n) is 10.4. The maximum atomic E-state index is 11.7. The molecule has 1 saturated heterocycles. The number of likely N-dealkylation sites (tertiary alicyclic amines) is 1. The van der Waals surface area contributed by atoms with Crippen molar-refractivity contribution in [1.82, 2.24) is 10.2 Å². The number of carbonyl (C=O) groups excluding carboxylic acids is 2. The van der Waals surface area contributed by atoms with Crippen LogP contribution in [0.3, 0.4) is 0 Å². The van der Waals surface area contributed by atoms with Crippen LogP contribution in [0.5, 0.6) is 0 Å². The van der Waals surface area contributed by atoms with Crippen molar-refractivity contribution in [3.8, 4) is 0 Å². The number of amides is 2. The quantitative estimate of drug-likeness (QED) is 0.720. The van der Waals surface area contributed by atoms with Gasteiger partial charge in [0.25, 0.3) is 0 Å². The lowest BCUT2D eigenvalue weighted by atomic mass is 9.92. The highest BCUT2D eigenvalue weighted by atomic mass is 16.5. The molecule has 0 bridgehead atoms. The van der Waals surface area contributed by atoms with Crippen LogP contribution in [0, 0.1) is 0 Å². The Kier molecular flexibility index (Phi) is 3.79. The number of hydrogen-bond donors (Lipinski definition) is 1. The van der Waals surface area contributed by atoms with E-state index in [1.54, 1.807) is 14.2 Å². The van der Waals surface area contributed by atoms with Gasteiger partial charge in [0.2, 0.25) is 11.8 Å². The van der Waals surface area contributed by atoms with Crippen LogP contribution in [0.2, 0.25) is 0 Å². The standard InChI is InChI=1S/C12H20N2O3/c1-14-11(15)7-10(12(14)16)13-8-3-5-9(17-2)6-4-8/h8-10,13H,3-7H2,1-2H3. The molecule has 1 atom stereocenters. The van der Waals surface area contributed by atoms with Crippen molar-refractivity contribution in [2.75, 3.05) is 14.2 Å². The fourth-order valence-corrected chi connectivity index (χ4v) is 2.64. The van der Waals surface area contributed by atoms with Gasteiger partial charge in [-0.2, -0.15) is 0 Å². The first-order valence-electron chi connectivity index (χ1n) is 6.21. The van der Waals surface area contributed by atoms with Gasteiger partial charge in [0.1, 0.15) is 0 Å². The highest BCUT2D eigenvalue weighted by Gasteiger charge is 2.37. The smallest absolute Gasteiger partial charge is 0.246 e. The Morgan fingerprint density at radius 3 is 2.35 bits per heavy atom. The van der Waals surface area contributed by atoms with Crippen LogP contribution in [-0.2, 0) is 14.3 Å². The molecule has 0 spiro atoms. The van der Waals surface area contributed by atoms with Crippen LogP contribution in [0.1, 0.15) is 32.1 Å². The van der Waals surface area contributed by atoms with E-state index in [0.29, 0.717) is 18.6 Å². The number of nitrogens with one attached hydrogen (secondary N) is 1. The molecule has 2 amide bonds. The number of hydrogen-bond acceptors (Lipinski definition) is 4.